The molecule has 1 aliphatic heterocycles. The van der Waals surface area contributed by atoms with Gasteiger partial charge < -0.3 is 14.6 Å². The number of pyridine rings is 1. The summed E-state index contributed by atoms with van der Waals surface area (Å²) >= 11 is 0. The summed E-state index contributed by atoms with van der Waals surface area (Å²) in [6.45, 7) is 4.06. The molecule has 3 heterocycles. The zero-order valence-electron chi connectivity index (χ0n) is 15.7. The lowest BCUT2D eigenvalue weighted by Crippen LogP contribution is -2.27. The van der Waals surface area contributed by atoms with Crippen molar-refractivity contribution in [1.29, 1.82) is 0 Å². The number of hydrogen-bond donors (Lipinski definition) is 1. The van der Waals surface area contributed by atoms with Gasteiger partial charge in [-0.1, -0.05) is 30.3 Å². The molecule has 0 unspecified atom stereocenters. The highest BCUT2D eigenvalue weighted by atomic mass is 16.2. The highest BCUT2D eigenvalue weighted by Crippen LogP contribution is 2.37. The number of carbonyl (C=O) groups is 1. The molecule has 2 aromatic heterocycles. The maximum atomic E-state index is 12.8. The molecule has 1 aromatic carbocycles. The topological polar surface area (TPSA) is 49.6 Å². The fourth-order valence-electron chi connectivity index (χ4n) is 3.74. The standard InChI is InChI=1S/C21H24N4O/c1-13-14(2)25-12-17(21(26)24(3)4)16-10-11-18(15-8-6-5-7-9-15)23-19(16)20(25)22-13/h5-9,12,18,23H,10-11H2,1-4H3/t18-/m1/s1. The fraction of sp³-hybridized carbons (Fsp3) is 0.333. The highest BCUT2D eigenvalue weighted by molar-refractivity contribution is 5.98. The maximum absolute atomic E-state index is 12.8. The second-order valence-corrected chi connectivity index (χ2v) is 7.22. The van der Waals surface area contributed by atoms with Gasteiger partial charge in [-0.2, -0.15) is 0 Å². The van der Waals surface area contributed by atoms with Crippen molar-refractivity contribution < 1.29 is 4.79 Å². The number of carbonyl (C=O) groups excluding carboxylic acids is 1. The van der Waals surface area contributed by atoms with E-state index in [9.17, 15) is 4.79 Å². The van der Waals surface area contributed by atoms with Crippen LogP contribution < -0.4 is 5.32 Å². The minimum Gasteiger partial charge on any atom is -0.375 e. The summed E-state index contributed by atoms with van der Waals surface area (Å²) in [5.41, 5.74) is 7.07. The number of fused-ring (bicyclic) bond motifs is 3. The van der Waals surface area contributed by atoms with E-state index in [1.54, 1.807) is 19.0 Å². The number of amides is 1. The van der Waals surface area contributed by atoms with Crippen LogP contribution in [0.4, 0.5) is 5.69 Å². The molecule has 0 aliphatic carbocycles. The van der Waals surface area contributed by atoms with Gasteiger partial charge in [0.1, 0.15) is 0 Å². The van der Waals surface area contributed by atoms with Gasteiger partial charge in [-0.25, -0.2) is 4.98 Å². The molecule has 1 N–H and O–H groups in total. The number of imidazole rings is 1. The van der Waals surface area contributed by atoms with Gasteiger partial charge in [0.2, 0.25) is 0 Å². The first kappa shape index (κ1) is 16.6. The van der Waals surface area contributed by atoms with Crippen LogP contribution in [-0.4, -0.2) is 34.3 Å². The summed E-state index contributed by atoms with van der Waals surface area (Å²) in [6, 6.07) is 10.7. The maximum Gasteiger partial charge on any atom is 0.255 e. The summed E-state index contributed by atoms with van der Waals surface area (Å²) in [6.07, 6.45) is 3.77. The third-order valence-corrected chi connectivity index (χ3v) is 5.34. The van der Waals surface area contributed by atoms with Crippen molar-refractivity contribution in [2.24, 2.45) is 0 Å². The zero-order valence-corrected chi connectivity index (χ0v) is 15.7. The summed E-state index contributed by atoms with van der Waals surface area (Å²) in [5, 5.41) is 3.68. The van der Waals surface area contributed by atoms with Crippen molar-refractivity contribution in [2.75, 3.05) is 19.4 Å². The Morgan fingerprint density at radius 1 is 1.23 bits per heavy atom. The summed E-state index contributed by atoms with van der Waals surface area (Å²) < 4.78 is 2.05. The zero-order chi connectivity index (χ0) is 18.4. The predicted molar refractivity (Wildman–Crippen MR) is 104 cm³/mol. The molecule has 0 radical (unpaired) electrons. The molecule has 26 heavy (non-hydrogen) atoms. The quantitative estimate of drug-likeness (QED) is 0.767. The van der Waals surface area contributed by atoms with Gasteiger partial charge in [-0.3, -0.25) is 4.79 Å². The lowest BCUT2D eigenvalue weighted by atomic mass is 9.91. The normalized spacial score (nSPS) is 16.2. The van der Waals surface area contributed by atoms with E-state index >= 15 is 0 Å². The molecule has 0 spiro atoms. The van der Waals surface area contributed by atoms with E-state index < -0.39 is 0 Å². The first-order valence-electron chi connectivity index (χ1n) is 9.01. The molecule has 4 rings (SSSR count). The fourth-order valence-corrected chi connectivity index (χ4v) is 3.74. The lowest BCUT2D eigenvalue weighted by molar-refractivity contribution is 0.0826. The van der Waals surface area contributed by atoms with Crippen molar-refractivity contribution in [3.63, 3.8) is 0 Å². The van der Waals surface area contributed by atoms with Gasteiger partial charge in [0.25, 0.3) is 5.91 Å². The molecule has 1 amide bonds. The largest absolute Gasteiger partial charge is 0.375 e. The van der Waals surface area contributed by atoms with Crippen LogP contribution in [0.5, 0.6) is 0 Å². The van der Waals surface area contributed by atoms with Gasteiger partial charge in [0.05, 0.1) is 23.0 Å². The molecule has 0 fully saturated rings. The van der Waals surface area contributed by atoms with Gasteiger partial charge >= 0.3 is 0 Å². The molecular weight excluding hydrogens is 324 g/mol. The van der Waals surface area contributed by atoms with E-state index in [1.807, 2.05) is 30.5 Å². The molecule has 0 bridgehead atoms. The summed E-state index contributed by atoms with van der Waals surface area (Å²) in [7, 11) is 3.60. The molecule has 0 saturated carbocycles. The SMILES string of the molecule is Cc1nc2c3c(c(C(=O)N(C)C)cn2c1C)CC[C@H](c1ccccc1)N3. The van der Waals surface area contributed by atoms with Crippen LogP contribution in [0.1, 0.15) is 45.3 Å². The number of rotatable bonds is 2. The van der Waals surface area contributed by atoms with E-state index in [2.05, 4.69) is 29.6 Å². The number of aryl methyl sites for hydroxylation is 2. The van der Waals surface area contributed by atoms with Crippen molar-refractivity contribution in [3.8, 4) is 0 Å². The van der Waals surface area contributed by atoms with Gasteiger partial charge in [0, 0.05) is 26.0 Å². The Morgan fingerprint density at radius 2 is 1.96 bits per heavy atom. The Balaban J connectivity index is 1.90. The average molecular weight is 348 g/mol. The van der Waals surface area contributed by atoms with E-state index in [-0.39, 0.29) is 11.9 Å². The minimum absolute atomic E-state index is 0.0360. The Hall–Kier alpha value is -2.82. The van der Waals surface area contributed by atoms with E-state index in [0.29, 0.717) is 0 Å². The first-order valence-corrected chi connectivity index (χ1v) is 9.01. The molecule has 3 aromatic rings. The van der Waals surface area contributed by atoms with Crippen LogP contribution in [0.2, 0.25) is 0 Å². The number of hydrogen-bond acceptors (Lipinski definition) is 3. The van der Waals surface area contributed by atoms with E-state index in [1.165, 1.54) is 5.56 Å². The average Bonchev–Trinajstić information content (AvgIpc) is 2.95. The summed E-state index contributed by atoms with van der Waals surface area (Å²) in [4.78, 5) is 19.2. The van der Waals surface area contributed by atoms with Crippen LogP contribution in [0.25, 0.3) is 5.65 Å². The number of nitrogens with zero attached hydrogens (tertiary/aromatic N) is 3. The van der Waals surface area contributed by atoms with Gasteiger partial charge in [-0.15, -0.1) is 0 Å². The van der Waals surface area contributed by atoms with Gasteiger partial charge in [-0.05, 0) is 37.8 Å². The predicted octanol–water partition coefficient (Wildman–Crippen LogP) is 3.75. The Bertz CT molecular complexity index is 988. The molecule has 134 valence electrons. The monoisotopic (exact) mass is 348 g/mol. The number of anilines is 1. The van der Waals surface area contributed by atoms with Crippen LogP contribution >= 0.6 is 0 Å². The molecule has 1 aliphatic rings. The van der Waals surface area contributed by atoms with Crippen LogP contribution in [0.3, 0.4) is 0 Å². The molecule has 5 heteroatoms. The Morgan fingerprint density at radius 3 is 2.65 bits per heavy atom. The third kappa shape index (κ3) is 2.55. The number of benzene rings is 1. The van der Waals surface area contributed by atoms with Crippen molar-refractivity contribution in [2.45, 2.75) is 32.7 Å². The Labute approximate surface area is 153 Å². The van der Waals surface area contributed by atoms with E-state index in [0.717, 1.165) is 46.7 Å². The second-order valence-electron chi connectivity index (χ2n) is 7.22. The van der Waals surface area contributed by atoms with Crippen molar-refractivity contribution in [3.05, 3.63) is 64.6 Å². The minimum atomic E-state index is 0.0360. The third-order valence-electron chi connectivity index (χ3n) is 5.34. The molecule has 1 atom stereocenters. The van der Waals surface area contributed by atoms with Gasteiger partial charge in [0.15, 0.2) is 5.65 Å². The molecule has 0 saturated heterocycles. The van der Waals surface area contributed by atoms with Crippen LogP contribution in [0, 0.1) is 13.8 Å². The molecule has 5 nitrogen and oxygen atoms in total. The molecular formula is C21H24N4O. The first-order chi connectivity index (χ1) is 12.5. The van der Waals surface area contributed by atoms with E-state index in [4.69, 9.17) is 4.98 Å². The number of nitrogens with one attached hydrogen (secondary N) is 1. The van der Waals surface area contributed by atoms with Crippen LogP contribution in [0.15, 0.2) is 36.5 Å². The lowest BCUT2D eigenvalue weighted by Gasteiger charge is -2.29. The Kier molecular flexibility index (Phi) is 3.94. The van der Waals surface area contributed by atoms with Crippen LogP contribution in [-0.2, 0) is 6.42 Å². The van der Waals surface area contributed by atoms with Crippen molar-refractivity contribution >= 4 is 17.2 Å². The summed E-state index contributed by atoms with van der Waals surface area (Å²) in [5.74, 6) is 0.0360. The number of aromatic nitrogens is 2. The smallest absolute Gasteiger partial charge is 0.255 e. The highest BCUT2D eigenvalue weighted by Gasteiger charge is 2.28. The van der Waals surface area contributed by atoms with Crippen molar-refractivity contribution in [1.82, 2.24) is 14.3 Å². The second kappa shape index (κ2) is 6.16.